The van der Waals surface area contributed by atoms with Crippen LogP contribution in [0.4, 0.5) is 5.69 Å². The van der Waals surface area contributed by atoms with Crippen LogP contribution in [0, 0.1) is 0 Å². The lowest BCUT2D eigenvalue weighted by Gasteiger charge is -2.18. The highest BCUT2D eigenvalue weighted by Gasteiger charge is 2.24. The minimum Gasteiger partial charge on any atom is -0.495 e. The Morgan fingerprint density at radius 1 is 1.17 bits per heavy atom. The summed E-state index contributed by atoms with van der Waals surface area (Å²) in [5.41, 5.74) is 3.21. The summed E-state index contributed by atoms with van der Waals surface area (Å²) in [4.78, 5) is 16.3. The SMILES string of the molecule is COc1ccc(C2=CCNCC2)cc1S(=O)(=O)Nc1cnc2c(c1)C(=O)NCC2.Cl. The molecule has 0 atom stereocenters. The number of methoxy groups -OCH3 is 1. The van der Waals surface area contributed by atoms with E-state index in [4.69, 9.17) is 4.74 Å². The standard InChI is InChI=1S/C20H22N4O4S.ClH/c1-28-18-3-2-14(13-4-7-21-8-5-13)10-19(18)29(26,27)24-15-11-16-17(23-12-15)6-9-22-20(16)25;/h2-4,10-12,21,24H,5-9H2,1H3,(H,22,25);1H. The molecule has 8 nitrogen and oxygen atoms in total. The second-order valence-electron chi connectivity index (χ2n) is 6.88. The first-order valence-corrected chi connectivity index (χ1v) is 10.8. The predicted molar refractivity (Wildman–Crippen MR) is 117 cm³/mol. The molecule has 0 saturated heterocycles. The van der Waals surface area contributed by atoms with Crippen LogP contribution in [0.1, 0.15) is 28.0 Å². The van der Waals surface area contributed by atoms with Gasteiger partial charge in [-0.15, -0.1) is 12.4 Å². The second kappa shape index (κ2) is 9.03. The Bertz CT molecular complexity index is 1100. The van der Waals surface area contributed by atoms with Crippen molar-refractivity contribution in [3.8, 4) is 5.75 Å². The van der Waals surface area contributed by atoms with E-state index in [1.54, 1.807) is 12.1 Å². The number of aromatic nitrogens is 1. The minimum absolute atomic E-state index is 0. The molecule has 3 heterocycles. The number of fused-ring (bicyclic) bond motifs is 1. The largest absolute Gasteiger partial charge is 0.495 e. The summed E-state index contributed by atoms with van der Waals surface area (Å²) in [7, 11) is -2.52. The normalized spacial score (nSPS) is 15.9. The molecule has 0 unspecified atom stereocenters. The Morgan fingerprint density at radius 2 is 2.00 bits per heavy atom. The third-order valence-electron chi connectivity index (χ3n) is 5.00. The fraction of sp³-hybridized carbons (Fsp3) is 0.300. The Balaban J connectivity index is 0.00000256. The number of hydrogen-bond donors (Lipinski definition) is 3. The zero-order valence-electron chi connectivity index (χ0n) is 16.4. The highest BCUT2D eigenvalue weighted by molar-refractivity contribution is 7.92. The van der Waals surface area contributed by atoms with E-state index in [1.807, 2.05) is 6.07 Å². The monoisotopic (exact) mass is 450 g/mol. The zero-order chi connectivity index (χ0) is 20.4. The number of hydrogen-bond acceptors (Lipinski definition) is 6. The van der Waals surface area contributed by atoms with Gasteiger partial charge in [-0.05, 0) is 42.3 Å². The van der Waals surface area contributed by atoms with Crippen LogP contribution in [0.5, 0.6) is 5.75 Å². The molecule has 1 aromatic carbocycles. The quantitative estimate of drug-likeness (QED) is 0.642. The van der Waals surface area contributed by atoms with Crippen molar-refractivity contribution in [1.29, 1.82) is 0 Å². The minimum atomic E-state index is -3.95. The molecule has 0 saturated carbocycles. The number of ether oxygens (including phenoxy) is 1. The third-order valence-corrected chi connectivity index (χ3v) is 6.40. The van der Waals surface area contributed by atoms with Crippen LogP contribution < -0.4 is 20.1 Å². The summed E-state index contributed by atoms with van der Waals surface area (Å²) in [6.45, 7) is 2.13. The number of nitrogens with one attached hydrogen (secondary N) is 3. The molecule has 30 heavy (non-hydrogen) atoms. The van der Waals surface area contributed by atoms with E-state index in [0.29, 0.717) is 24.2 Å². The molecule has 0 fully saturated rings. The number of anilines is 1. The number of carbonyl (C=O) groups is 1. The molecule has 3 N–H and O–H groups in total. The summed E-state index contributed by atoms with van der Waals surface area (Å²) in [5.74, 6) is -0.00309. The van der Waals surface area contributed by atoms with Crippen LogP contribution in [0.2, 0.25) is 0 Å². The number of halogens is 1. The van der Waals surface area contributed by atoms with Crippen molar-refractivity contribution in [3.63, 3.8) is 0 Å². The van der Waals surface area contributed by atoms with Crippen molar-refractivity contribution >= 4 is 39.6 Å². The molecular weight excluding hydrogens is 428 g/mol. The van der Waals surface area contributed by atoms with Gasteiger partial charge in [0.2, 0.25) is 0 Å². The van der Waals surface area contributed by atoms with Crippen molar-refractivity contribution in [3.05, 3.63) is 53.4 Å². The number of sulfonamides is 1. The average Bonchev–Trinajstić information content (AvgIpc) is 2.74. The number of benzene rings is 1. The first-order chi connectivity index (χ1) is 14.0. The Kier molecular flexibility index (Phi) is 6.64. The van der Waals surface area contributed by atoms with Crippen molar-refractivity contribution in [2.45, 2.75) is 17.7 Å². The van der Waals surface area contributed by atoms with Crippen LogP contribution in [-0.2, 0) is 16.4 Å². The lowest BCUT2D eigenvalue weighted by Crippen LogP contribution is -2.32. The molecule has 2 aromatic rings. The van der Waals surface area contributed by atoms with Crippen molar-refractivity contribution in [1.82, 2.24) is 15.6 Å². The second-order valence-corrected chi connectivity index (χ2v) is 8.53. The van der Waals surface area contributed by atoms with E-state index in [9.17, 15) is 13.2 Å². The van der Waals surface area contributed by atoms with Crippen molar-refractivity contribution in [2.24, 2.45) is 0 Å². The number of pyridine rings is 1. The molecule has 0 aliphatic carbocycles. The van der Waals surface area contributed by atoms with Gasteiger partial charge in [0.25, 0.3) is 15.9 Å². The fourth-order valence-corrected chi connectivity index (χ4v) is 4.75. The first-order valence-electron chi connectivity index (χ1n) is 9.36. The molecule has 160 valence electrons. The lowest BCUT2D eigenvalue weighted by molar-refractivity contribution is 0.0945. The number of amides is 1. The number of nitrogens with zero attached hydrogens (tertiary/aromatic N) is 1. The Morgan fingerprint density at radius 3 is 2.73 bits per heavy atom. The van der Waals surface area contributed by atoms with Crippen molar-refractivity contribution < 1.29 is 17.9 Å². The summed E-state index contributed by atoms with van der Waals surface area (Å²) in [6, 6.07) is 6.65. The predicted octanol–water partition coefficient (Wildman–Crippen LogP) is 1.98. The Hall–Kier alpha value is -2.62. The van der Waals surface area contributed by atoms with Gasteiger partial charge < -0.3 is 15.4 Å². The van der Waals surface area contributed by atoms with Gasteiger partial charge in [-0.25, -0.2) is 8.42 Å². The highest BCUT2D eigenvalue weighted by Crippen LogP contribution is 2.31. The molecule has 0 radical (unpaired) electrons. The van der Waals surface area contributed by atoms with Crippen molar-refractivity contribution in [2.75, 3.05) is 31.5 Å². The molecule has 0 bridgehead atoms. The fourth-order valence-electron chi connectivity index (χ4n) is 3.52. The zero-order valence-corrected chi connectivity index (χ0v) is 18.0. The molecule has 2 aliphatic rings. The van der Waals surface area contributed by atoms with E-state index in [1.165, 1.54) is 19.4 Å². The first kappa shape index (κ1) is 22.1. The maximum atomic E-state index is 13.1. The summed E-state index contributed by atoms with van der Waals surface area (Å²) in [5, 5.41) is 5.98. The van der Waals surface area contributed by atoms with Gasteiger partial charge in [-0.1, -0.05) is 12.1 Å². The van der Waals surface area contributed by atoms with Gasteiger partial charge in [0.05, 0.1) is 30.3 Å². The van der Waals surface area contributed by atoms with Crippen LogP contribution in [-0.4, -0.2) is 46.1 Å². The van der Waals surface area contributed by atoms with Gasteiger partial charge in [0.15, 0.2) is 0 Å². The van der Waals surface area contributed by atoms with Crippen LogP contribution in [0.15, 0.2) is 41.4 Å². The average molecular weight is 451 g/mol. The van der Waals surface area contributed by atoms with Gasteiger partial charge in [-0.3, -0.25) is 14.5 Å². The van der Waals surface area contributed by atoms with E-state index in [-0.39, 0.29) is 34.6 Å². The van der Waals surface area contributed by atoms with Crippen LogP contribution >= 0.6 is 12.4 Å². The molecular formula is C20H23ClN4O4S. The van der Waals surface area contributed by atoms with E-state index < -0.39 is 10.0 Å². The maximum Gasteiger partial charge on any atom is 0.265 e. The Labute approximate surface area is 181 Å². The van der Waals surface area contributed by atoms with Crippen LogP contribution in [0.25, 0.3) is 5.57 Å². The van der Waals surface area contributed by atoms with Gasteiger partial charge in [0, 0.05) is 19.5 Å². The summed E-state index contributed by atoms with van der Waals surface area (Å²) < 4.78 is 34.0. The smallest absolute Gasteiger partial charge is 0.265 e. The molecule has 0 spiro atoms. The van der Waals surface area contributed by atoms with Gasteiger partial charge >= 0.3 is 0 Å². The lowest BCUT2D eigenvalue weighted by atomic mass is 10.0. The maximum absolute atomic E-state index is 13.1. The van der Waals surface area contributed by atoms with Gasteiger partial charge in [-0.2, -0.15) is 0 Å². The van der Waals surface area contributed by atoms with Crippen LogP contribution in [0.3, 0.4) is 0 Å². The number of carbonyl (C=O) groups excluding carboxylic acids is 1. The summed E-state index contributed by atoms with van der Waals surface area (Å²) in [6.07, 6.45) is 4.93. The van der Waals surface area contributed by atoms with E-state index >= 15 is 0 Å². The van der Waals surface area contributed by atoms with E-state index in [0.717, 1.165) is 30.6 Å². The topological polar surface area (TPSA) is 109 Å². The highest BCUT2D eigenvalue weighted by atomic mass is 35.5. The number of rotatable bonds is 5. The molecule has 2 aliphatic heterocycles. The van der Waals surface area contributed by atoms with Gasteiger partial charge in [0.1, 0.15) is 10.6 Å². The molecule has 1 amide bonds. The molecule has 1 aromatic heterocycles. The third kappa shape index (κ3) is 4.43. The summed E-state index contributed by atoms with van der Waals surface area (Å²) >= 11 is 0. The molecule has 4 rings (SSSR count). The van der Waals surface area contributed by atoms with E-state index in [2.05, 4.69) is 26.4 Å². The molecule has 10 heteroatoms.